The Morgan fingerprint density at radius 3 is 2.50 bits per heavy atom. The first-order chi connectivity index (χ1) is 6.42. The van der Waals surface area contributed by atoms with Crippen molar-refractivity contribution >= 4 is 11.3 Å². The van der Waals surface area contributed by atoms with Crippen LogP contribution >= 0.6 is 11.3 Å². The molecular weight excluding hydrogens is 192 g/mol. The molecule has 0 saturated carbocycles. The lowest BCUT2D eigenvalue weighted by atomic mass is 9.93. The number of nitrogens with zero attached hydrogens (tertiary/aromatic N) is 1. The molecule has 0 amide bonds. The van der Waals surface area contributed by atoms with Crippen molar-refractivity contribution in [3.05, 3.63) is 15.6 Å². The van der Waals surface area contributed by atoms with Gasteiger partial charge in [0.05, 0.1) is 10.7 Å². The van der Waals surface area contributed by atoms with Gasteiger partial charge in [-0.1, -0.05) is 20.8 Å². The zero-order chi connectivity index (χ0) is 10.8. The van der Waals surface area contributed by atoms with E-state index in [1.54, 1.807) is 0 Å². The first-order valence-corrected chi connectivity index (χ1v) is 5.84. The molecule has 0 aromatic carbocycles. The maximum atomic E-state index is 4.59. The van der Waals surface area contributed by atoms with Crippen LogP contribution in [0.4, 0.5) is 0 Å². The molecule has 0 radical (unpaired) electrons. The minimum Gasteiger partial charge on any atom is -0.315 e. The third-order valence-corrected chi connectivity index (χ3v) is 3.11. The van der Waals surface area contributed by atoms with E-state index in [9.17, 15) is 0 Å². The van der Waals surface area contributed by atoms with Gasteiger partial charge in [0, 0.05) is 17.8 Å². The number of aromatic nitrogens is 1. The molecule has 0 aliphatic carbocycles. The van der Waals surface area contributed by atoms with Crippen LogP contribution < -0.4 is 5.32 Å². The molecule has 1 heterocycles. The molecule has 1 aromatic heterocycles. The van der Waals surface area contributed by atoms with Crippen LogP contribution in [0.15, 0.2) is 0 Å². The van der Waals surface area contributed by atoms with E-state index in [2.05, 4.69) is 38.0 Å². The second kappa shape index (κ2) is 4.41. The molecule has 0 saturated heterocycles. The third-order valence-electron chi connectivity index (χ3n) is 1.96. The summed E-state index contributed by atoms with van der Waals surface area (Å²) in [5.41, 5.74) is 1.52. The quantitative estimate of drug-likeness (QED) is 0.833. The normalized spacial score (nSPS) is 12.1. The SMILES string of the molecule is CNCc1sc(CC(C)(C)C)nc1C. The second-order valence-electron chi connectivity index (χ2n) is 4.88. The van der Waals surface area contributed by atoms with Gasteiger partial charge in [-0.3, -0.25) is 0 Å². The largest absolute Gasteiger partial charge is 0.315 e. The minimum atomic E-state index is 0.335. The zero-order valence-corrected chi connectivity index (χ0v) is 10.6. The molecule has 0 aliphatic heterocycles. The van der Waals surface area contributed by atoms with Crippen molar-refractivity contribution in [1.82, 2.24) is 10.3 Å². The van der Waals surface area contributed by atoms with E-state index in [1.165, 1.54) is 15.6 Å². The van der Waals surface area contributed by atoms with E-state index in [0.29, 0.717) is 5.41 Å². The number of rotatable bonds is 3. The average molecular weight is 212 g/mol. The highest BCUT2D eigenvalue weighted by atomic mass is 32.1. The van der Waals surface area contributed by atoms with Crippen LogP contribution in [0.3, 0.4) is 0 Å². The van der Waals surface area contributed by atoms with E-state index < -0.39 is 0 Å². The smallest absolute Gasteiger partial charge is 0.0936 e. The Balaban J connectivity index is 2.75. The summed E-state index contributed by atoms with van der Waals surface area (Å²) in [4.78, 5) is 5.96. The highest BCUT2D eigenvalue weighted by molar-refractivity contribution is 7.11. The van der Waals surface area contributed by atoms with Crippen molar-refractivity contribution in [2.45, 2.75) is 40.7 Å². The summed E-state index contributed by atoms with van der Waals surface area (Å²) in [6, 6.07) is 0. The van der Waals surface area contributed by atoms with Gasteiger partial charge in [-0.2, -0.15) is 0 Å². The fraction of sp³-hybridized carbons (Fsp3) is 0.727. The molecule has 2 nitrogen and oxygen atoms in total. The van der Waals surface area contributed by atoms with Gasteiger partial charge in [0.1, 0.15) is 0 Å². The number of hydrogen-bond donors (Lipinski definition) is 1. The van der Waals surface area contributed by atoms with Crippen LogP contribution in [0.25, 0.3) is 0 Å². The van der Waals surface area contributed by atoms with Gasteiger partial charge in [-0.25, -0.2) is 4.98 Å². The van der Waals surface area contributed by atoms with E-state index in [0.717, 1.165) is 13.0 Å². The standard InChI is InChI=1S/C11H20N2S/c1-8-9(7-12-5)14-10(13-8)6-11(2,3)4/h12H,6-7H2,1-5H3. The van der Waals surface area contributed by atoms with Crippen LogP contribution in [0.1, 0.15) is 36.3 Å². The first-order valence-electron chi connectivity index (χ1n) is 5.02. The Morgan fingerprint density at radius 1 is 1.36 bits per heavy atom. The summed E-state index contributed by atoms with van der Waals surface area (Å²) in [6.45, 7) is 9.79. The van der Waals surface area contributed by atoms with E-state index >= 15 is 0 Å². The summed E-state index contributed by atoms with van der Waals surface area (Å²) in [6.07, 6.45) is 1.07. The highest BCUT2D eigenvalue weighted by Crippen LogP contribution is 2.25. The maximum absolute atomic E-state index is 4.59. The van der Waals surface area contributed by atoms with Crippen LogP contribution in [-0.2, 0) is 13.0 Å². The third kappa shape index (κ3) is 3.39. The van der Waals surface area contributed by atoms with Crippen LogP contribution in [0.5, 0.6) is 0 Å². The van der Waals surface area contributed by atoms with Gasteiger partial charge in [-0.05, 0) is 19.4 Å². The van der Waals surface area contributed by atoms with Gasteiger partial charge in [0.25, 0.3) is 0 Å². The minimum absolute atomic E-state index is 0.335. The molecule has 0 spiro atoms. The molecule has 0 unspecified atom stereocenters. The molecule has 3 heteroatoms. The highest BCUT2D eigenvalue weighted by Gasteiger charge is 2.15. The Labute approximate surface area is 90.8 Å². The van der Waals surface area contributed by atoms with Gasteiger partial charge in [0.2, 0.25) is 0 Å². The Bertz CT molecular complexity index is 297. The molecule has 0 aliphatic rings. The maximum Gasteiger partial charge on any atom is 0.0936 e. The van der Waals surface area contributed by atoms with Crippen LogP contribution in [0, 0.1) is 12.3 Å². The van der Waals surface area contributed by atoms with E-state index in [1.807, 2.05) is 18.4 Å². The molecule has 0 fully saturated rings. The molecular formula is C11H20N2S. The van der Waals surface area contributed by atoms with Crippen molar-refractivity contribution < 1.29 is 0 Å². The van der Waals surface area contributed by atoms with E-state index in [-0.39, 0.29) is 0 Å². The fourth-order valence-corrected chi connectivity index (χ4v) is 2.72. The molecule has 1 rings (SSSR count). The van der Waals surface area contributed by atoms with Gasteiger partial charge >= 0.3 is 0 Å². The number of aryl methyl sites for hydroxylation is 1. The van der Waals surface area contributed by atoms with Crippen molar-refractivity contribution in [2.24, 2.45) is 5.41 Å². The number of nitrogens with one attached hydrogen (secondary N) is 1. The van der Waals surface area contributed by atoms with Gasteiger partial charge in [-0.15, -0.1) is 11.3 Å². The van der Waals surface area contributed by atoms with Crippen molar-refractivity contribution in [2.75, 3.05) is 7.05 Å². The summed E-state index contributed by atoms with van der Waals surface area (Å²) in [5, 5.41) is 4.44. The molecule has 80 valence electrons. The molecule has 1 aromatic rings. The Morgan fingerprint density at radius 2 is 2.00 bits per heavy atom. The lowest BCUT2D eigenvalue weighted by Gasteiger charge is -2.15. The average Bonchev–Trinajstić information content (AvgIpc) is 2.28. The summed E-state index contributed by atoms with van der Waals surface area (Å²) in [5.74, 6) is 0. The van der Waals surface area contributed by atoms with Gasteiger partial charge < -0.3 is 5.32 Å². The fourth-order valence-electron chi connectivity index (χ4n) is 1.34. The molecule has 0 atom stereocenters. The first kappa shape index (κ1) is 11.7. The van der Waals surface area contributed by atoms with Crippen LogP contribution in [-0.4, -0.2) is 12.0 Å². The summed E-state index contributed by atoms with van der Waals surface area (Å²) in [7, 11) is 1.97. The summed E-state index contributed by atoms with van der Waals surface area (Å²) < 4.78 is 0. The Hall–Kier alpha value is -0.410. The zero-order valence-electron chi connectivity index (χ0n) is 9.77. The van der Waals surface area contributed by atoms with Crippen LogP contribution in [0.2, 0.25) is 0 Å². The molecule has 1 N–H and O–H groups in total. The topological polar surface area (TPSA) is 24.9 Å². The second-order valence-corrected chi connectivity index (χ2v) is 6.05. The van der Waals surface area contributed by atoms with Crippen molar-refractivity contribution in [1.29, 1.82) is 0 Å². The molecule has 14 heavy (non-hydrogen) atoms. The number of hydrogen-bond acceptors (Lipinski definition) is 3. The van der Waals surface area contributed by atoms with E-state index in [4.69, 9.17) is 0 Å². The predicted octanol–water partition coefficient (Wildman–Crippen LogP) is 2.76. The lowest BCUT2D eigenvalue weighted by Crippen LogP contribution is -2.08. The van der Waals surface area contributed by atoms with Gasteiger partial charge in [0.15, 0.2) is 0 Å². The van der Waals surface area contributed by atoms with Crippen molar-refractivity contribution in [3.63, 3.8) is 0 Å². The number of thiazole rings is 1. The lowest BCUT2D eigenvalue weighted by molar-refractivity contribution is 0.410. The Kier molecular flexibility index (Phi) is 3.67. The predicted molar refractivity (Wildman–Crippen MR) is 62.8 cm³/mol. The molecule has 0 bridgehead atoms. The van der Waals surface area contributed by atoms with Crippen molar-refractivity contribution in [3.8, 4) is 0 Å². The monoisotopic (exact) mass is 212 g/mol. The summed E-state index contributed by atoms with van der Waals surface area (Å²) >= 11 is 1.84.